The average molecular weight is 360 g/mol. The summed E-state index contributed by atoms with van der Waals surface area (Å²) in [7, 11) is 1.58. The highest BCUT2D eigenvalue weighted by atomic mass is 16.5. The van der Waals surface area contributed by atoms with Crippen LogP contribution in [0.1, 0.15) is 22.4 Å². The van der Waals surface area contributed by atoms with Gasteiger partial charge in [-0.1, -0.05) is 30.3 Å². The van der Waals surface area contributed by atoms with E-state index in [1.807, 2.05) is 43.3 Å². The minimum Gasteiger partial charge on any atom is -0.493 e. The predicted molar refractivity (Wildman–Crippen MR) is 104 cm³/mol. The van der Waals surface area contributed by atoms with E-state index in [1.165, 1.54) is 0 Å². The molecule has 0 saturated carbocycles. The second-order valence-corrected chi connectivity index (χ2v) is 6.26. The van der Waals surface area contributed by atoms with Crippen molar-refractivity contribution >= 4 is 0 Å². The minimum atomic E-state index is -0.398. The second-order valence-electron chi connectivity index (χ2n) is 6.26. The molecular weight excluding hydrogens is 340 g/mol. The smallest absolute Gasteiger partial charge is 0.266 e. The van der Waals surface area contributed by atoms with Gasteiger partial charge in [0.25, 0.3) is 5.56 Å². The number of methoxy groups -OCH3 is 1. The van der Waals surface area contributed by atoms with Crippen molar-refractivity contribution in [1.82, 2.24) is 4.98 Å². The van der Waals surface area contributed by atoms with Crippen LogP contribution in [0, 0.1) is 25.2 Å². The number of H-pyrrole nitrogens is 1. The lowest BCUT2D eigenvalue weighted by atomic mass is 10.0. The third-order valence-electron chi connectivity index (χ3n) is 4.40. The number of nitriles is 1. The maximum Gasteiger partial charge on any atom is 0.266 e. The second kappa shape index (κ2) is 7.79. The molecular formula is C22H20N2O3. The van der Waals surface area contributed by atoms with Crippen LogP contribution >= 0.6 is 0 Å². The molecule has 0 radical (unpaired) electrons. The summed E-state index contributed by atoms with van der Waals surface area (Å²) in [5.74, 6) is 1.15. The first-order valence-corrected chi connectivity index (χ1v) is 8.53. The molecule has 3 rings (SSSR count). The highest BCUT2D eigenvalue weighted by molar-refractivity contribution is 5.72. The number of benzene rings is 2. The van der Waals surface area contributed by atoms with Gasteiger partial charge in [0.2, 0.25) is 0 Å². The van der Waals surface area contributed by atoms with Crippen LogP contribution in [0.25, 0.3) is 11.1 Å². The number of aromatic nitrogens is 1. The van der Waals surface area contributed by atoms with Gasteiger partial charge in [0.15, 0.2) is 11.5 Å². The highest BCUT2D eigenvalue weighted by Crippen LogP contribution is 2.34. The van der Waals surface area contributed by atoms with Crippen molar-refractivity contribution < 1.29 is 9.47 Å². The fourth-order valence-electron chi connectivity index (χ4n) is 2.91. The van der Waals surface area contributed by atoms with Crippen LogP contribution in [0.3, 0.4) is 0 Å². The number of rotatable bonds is 5. The van der Waals surface area contributed by atoms with Crippen LogP contribution in [0.15, 0.2) is 53.3 Å². The SMILES string of the molecule is COc1ccc(-c2cc(C)[nH]c(=O)c2C#N)cc1OCc1ccccc1C. The van der Waals surface area contributed by atoms with E-state index >= 15 is 0 Å². The molecule has 1 aromatic heterocycles. The van der Waals surface area contributed by atoms with E-state index < -0.39 is 5.56 Å². The van der Waals surface area contributed by atoms with Gasteiger partial charge < -0.3 is 14.5 Å². The third kappa shape index (κ3) is 3.85. The van der Waals surface area contributed by atoms with Gasteiger partial charge in [-0.2, -0.15) is 5.26 Å². The molecule has 0 fully saturated rings. The molecule has 1 heterocycles. The first-order valence-electron chi connectivity index (χ1n) is 8.53. The topological polar surface area (TPSA) is 75.1 Å². The predicted octanol–water partition coefficient (Wildman–Crippen LogP) is 4.12. The van der Waals surface area contributed by atoms with Crippen molar-refractivity contribution in [2.75, 3.05) is 7.11 Å². The lowest BCUT2D eigenvalue weighted by Gasteiger charge is -2.14. The fraction of sp³-hybridized carbons (Fsp3) is 0.182. The summed E-state index contributed by atoms with van der Waals surface area (Å²) < 4.78 is 11.4. The van der Waals surface area contributed by atoms with Crippen LogP contribution in [0.5, 0.6) is 11.5 Å². The molecule has 136 valence electrons. The van der Waals surface area contributed by atoms with Crippen molar-refractivity contribution in [3.63, 3.8) is 0 Å². The summed E-state index contributed by atoms with van der Waals surface area (Å²) in [6.07, 6.45) is 0. The molecule has 27 heavy (non-hydrogen) atoms. The normalized spacial score (nSPS) is 10.3. The van der Waals surface area contributed by atoms with Crippen LogP contribution in [-0.4, -0.2) is 12.1 Å². The Bertz CT molecular complexity index is 1080. The molecule has 0 saturated heterocycles. The number of hydrogen-bond acceptors (Lipinski definition) is 4. The van der Waals surface area contributed by atoms with Gasteiger partial charge in [-0.15, -0.1) is 0 Å². The summed E-state index contributed by atoms with van der Waals surface area (Å²) >= 11 is 0. The molecule has 0 bridgehead atoms. The van der Waals surface area contributed by atoms with Gasteiger partial charge in [0, 0.05) is 11.3 Å². The van der Waals surface area contributed by atoms with Gasteiger partial charge in [-0.05, 0) is 48.7 Å². The number of nitrogens with zero attached hydrogens (tertiary/aromatic N) is 1. The van der Waals surface area contributed by atoms with E-state index in [2.05, 4.69) is 4.98 Å². The van der Waals surface area contributed by atoms with Crippen LogP contribution in [0.4, 0.5) is 0 Å². The lowest BCUT2D eigenvalue weighted by molar-refractivity contribution is 0.284. The molecule has 0 amide bonds. The summed E-state index contributed by atoms with van der Waals surface area (Å²) in [6.45, 7) is 4.21. The number of aryl methyl sites for hydroxylation is 2. The molecule has 1 N–H and O–H groups in total. The van der Waals surface area contributed by atoms with Crippen LogP contribution in [0.2, 0.25) is 0 Å². The van der Waals surface area contributed by atoms with E-state index in [4.69, 9.17) is 9.47 Å². The van der Waals surface area contributed by atoms with E-state index in [1.54, 1.807) is 32.2 Å². The van der Waals surface area contributed by atoms with Crippen molar-refractivity contribution in [3.8, 4) is 28.7 Å². The molecule has 0 unspecified atom stereocenters. The summed E-state index contributed by atoms with van der Waals surface area (Å²) in [5, 5.41) is 9.38. The third-order valence-corrected chi connectivity index (χ3v) is 4.40. The molecule has 5 heteroatoms. The first-order chi connectivity index (χ1) is 13.0. The van der Waals surface area contributed by atoms with Crippen molar-refractivity contribution in [2.45, 2.75) is 20.5 Å². The van der Waals surface area contributed by atoms with E-state index in [9.17, 15) is 10.1 Å². The Morgan fingerprint density at radius 2 is 1.85 bits per heavy atom. The molecule has 3 aromatic rings. The summed E-state index contributed by atoms with van der Waals surface area (Å²) in [4.78, 5) is 14.7. The molecule has 0 aliphatic heterocycles. The van der Waals surface area contributed by atoms with Gasteiger partial charge in [0.1, 0.15) is 18.2 Å². The monoisotopic (exact) mass is 360 g/mol. The Labute approximate surface area is 157 Å². The highest BCUT2D eigenvalue weighted by Gasteiger charge is 2.14. The molecule has 0 aliphatic rings. The maximum atomic E-state index is 12.1. The Morgan fingerprint density at radius 3 is 2.56 bits per heavy atom. The Balaban J connectivity index is 2.01. The molecule has 0 aliphatic carbocycles. The number of nitrogens with one attached hydrogen (secondary N) is 1. The number of pyridine rings is 1. The zero-order valence-electron chi connectivity index (χ0n) is 15.5. The quantitative estimate of drug-likeness (QED) is 0.743. The zero-order chi connectivity index (χ0) is 19.4. The standard InChI is InChI=1S/C22H20N2O3/c1-14-6-4-5-7-17(14)13-27-21-11-16(8-9-20(21)26-3)18-10-15(2)24-22(25)19(18)12-23/h4-11H,13H2,1-3H3,(H,24,25). The molecule has 5 nitrogen and oxygen atoms in total. The number of aromatic amines is 1. The van der Waals surface area contributed by atoms with Crippen molar-refractivity contribution in [2.24, 2.45) is 0 Å². The number of ether oxygens (including phenoxy) is 2. The molecule has 0 atom stereocenters. The van der Waals surface area contributed by atoms with Gasteiger partial charge >= 0.3 is 0 Å². The van der Waals surface area contributed by atoms with Gasteiger partial charge in [0.05, 0.1) is 7.11 Å². The number of hydrogen-bond donors (Lipinski definition) is 1. The van der Waals surface area contributed by atoms with E-state index in [0.29, 0.717) is 29.4 Å². The van der Waals surface area contributed by atoms with Crippen LogP contribution in [-0.2, 0) is 6.61 Å². The maximum absolute atomic E-state index is 12.1. The largest absolute Gasteiger partial charge is 0.493 e. The van der Waals surface area contributed by atoms with Crippen molar-refractivity contribution in [3.05, 3.63) is 81.3 Å². The lowest BCUT2D eigenvalue weighted by Crippen LogP contribution is -2.12. The van der Waals surface area contributed by atoms with Crippen LogP contribution < -0.4 is 15.0 Å². The summed E-state index contributed by atoms with van der Waals surface area (Å²) in [6, 6.07) is 17.2. The van der Waals surface area contributed by atoms with Crippen molar-refractivity contribution in [1.29, 1.82) is 5.26 Å². The molecule has 0 spiro atoms. The average Bonchev–Trinajstić information content (AvgIpc) is 2.66. The van der Waals surface area contributed by atoms with Gasteiger partial charge in [-0.3, -0.25) is 4.79 Å². The zero-order valence-corrected chi connectivity index (χ0v) is 15.5. The van der Waals surface area contributed by atoms with E-state index in [-0.39, 0.29) is 5.56 Å². The Hall–Kier alpha value is -3.52. The Morgan fingerprint density at radius 1 is 1.07 bits per heavy atom. The van der Waals surface area contributed by atoms with Gasteiger partial charge in [-0.25, -0.2) is 0 Å². The summed E-state index contributed by atoms with van der Waals surface area (Å²) in [5.41, 5.74) is 3.89. The molecule has 2 aromatic carbocycles. The fourth-order valence-corrected chi connectivity index (χ4v) is 2.91. The van der Waals surface area contributed by atoms with E-state index in [0.717, 1.165) is 16.7 Å². The minimum absolute atomic E-state index is 0.0793. The Kier molecular flexibility index (Phi) is 5.28. The first kappa shape index (κ1) is 18.3.